The lowest BCUT2D eigenvalue weighted by Crippen LogP contribution is -2.11. The Morgan fingerprint density at radius 2 is 0.678 bits per heavy atom. The van der Waals surface area contributed by atoms with Gasteiger partial charge in [0.15, 0.2) is 0 Å². The molecule has 0 spiro atoms. The van der Waals surface area contributed by atoms with Gasteiger partial charge in [-0.05, 0) is 114 Å². The first-order valence-electron chi connectivity index (χ1n) is 20.3. The van der Waals surface area contributed by atoms with E-state index < -0.39 is 0 Å². The predicted molar refractivity (Wildman–Crippen MR) is 251 cm³/mol. The van der Waals surface area contributed by atoms with Crippen LogP contribution in [-0.2, 0) is 0 Å². The predicted octanol–water partition coefficient (Wildman–Crippen LogP) is 16.3. The van der Waals surface area contributed by atoms with Gasteiger partial charge in [-0.25, -0.2) is 0 Å². The Kier molecular flexibility index (Phi) is 9.68. The summed E-state index contributed by atoms with van der Waals surface area (Å²) in [7, 11) is 0. The molecule has 0 saturated heterocycles. The van der Waals surface area contributed by atoms with E-state index in [1.165, 1.54) is 72.0 Å². The van der Waals surface area contributed by atoms with E-state index in [1.54, 1.807) is 0 Å². The zero-order valence-electron chi connectivity index (χ0n) is 32.6. The zero-order chi connectivity index (χ0) is 39.4. The van der Waals surface area contributed by atoms with Crippen LogP contribution in [0.15, 0.2) is 249 Å². The number of hydrogen-bond acceptors (Lipinski definition) is 1. The lowest BCUT2D eigenvalue weighted by molar-refractivity contribution is 1.28. The Morgan fingerprint density at radius 3 is 1.41 bits per heavy atom. The average Bonchev–Trinajstić information content (AvgIpc) is 3.33. The summed E-state index contributed by atoms with van der Waals surface area (Å²) in [5.41, 5.74) is 17.4. The smallest absolute Gasteiger partial charge is 0.0540 e. The van der Waals surface area contributed by atoms with Crippen LogP contribution in [0.5, 0.6) is 0 Å². The van der Waals surface area contributed by atoms with Gasteiger partial charge in [0.05, 0.1) is 5.69 Å². The fourth-order valence-corrected chi connectivity index (χ4v) is 8.35. The highest BCUT2D eigenvalue weighted by atomic mass is 15.1. The van der Waals surface area contributed by atoms with Gasteiger partial charge in [0, 0.05) is 16.9 Å². The quantitative estimate of drug-likeness (QED) is 0.142. The summed E-state index contributed by atoms with van der Waals surface area (Å²) in [6.07, 6.45) is 0. The lowest BCUT2D eigenvalue weighted by Gasteiger charge is -2.29. The van der Waals surface area contributed by atoms with Crippen molar-refractivity contribution in [1.29, 1.82) is 0 Å². The first-order valence-corrected chi connectivity index (χ1v) is 20.3. The maximum Gasteiger partial charge on any atom is 0.0540 e. The molecule has 0 N–H and O–H groups in total. The van der Waals surface area contributed by atoms with Crippen molar-refractivity contribution < 1.29 is 0 Å². The van der Waals surface area contributed by atoms with Crippen LogP contribution in [0.2, 0.25) is 0 Å². The largest absolute Gasteiger partial charge is 0.310 e. The summed E-state index contributed by atoms with van der Waals surface area (Å²) in [5.74, 6) is 0. The van der Waals surface area contributed by atoms with E-state index in [4.69, 9.17) is 0 Å². The standard InChI is InChI=1S/C58H41N/c1-4-17-42(18-5-1)45-33-36-51(37-34-45)59(52-26-16-25-48(40-52)49-32-31-44-21-10-11-24-47(44)39-49)58-30-15-14-29-56(58)57-41-50(43-19-6-2-7-20-43)35-38-55(57)54-28-13-12-27-53(54)46-22-8-3-9-23-46/h1-41H. The molecule has 10 aromatic carbocycles. The first-order chi connectivity index (χ1) is 29.3. The third kappa shape index (κ3) is 7.23. The Labute approximate surface area is 346 Å². The molecule has 0 radical (unpaired) electrons. The van der Waals surface area contributed by atoms with E-state index in [0.717, 1.165) is 22.6 Å². The van der Waals surface area contributed by atoms with Gasteiger partial charge < -0.3 is 4.90 Å². The van der Waals surface area contributed by atoms with Crippen molar-refractivity contribution in [3.8, 4) is 66.8 Å². The molecule has 278 valence electrons. The molecule has 0 atom stereocenters. The molecule has 10 aromatic rings. The molecule has 1 nitrogen and oxygen atoms in total. The Bertz CT molecular complexity index is 3020. The van der Waals surface area contributed by atoms with Crippen molar-refractivity contribution in [2.24, 2.45) is 0 Å². The van der Waals surface area contributed by atoms with Gasteiger partial charge in [0.2, 0.25) is 0 Å². The minimum atomic E-state index is 1.08. The van der Waals surface area contributed by atoms with Crippen LogP contribution in [0, 0.1) is 0 Å². The third-order valence-corrected chi connectivity index (χ3v) is 11.3. The molecule has 1 heteroatoms. The fraction of sp³-hybridized carbons (Fsp3) is 0. The molecular formula is C58H41N. The maximum absolute atomic E-state index is 2.43. The Morgan fingerprint density at radius 1 is 0.203 bits per heavy atom. The molecule has 0 amide bonds. The molecule has 0 fully saturated rings. The minimum absolute atomic E-state index is 1.08. The van der Waals surface area contributed by atoms with E-state index in [0.29, 0.717) is 0 Å². The van der Waals surface area contributed by atoms with Crippen molar-refractivity contribution in [2.45, 2.75) is 0 Å². The van der Waals surface area contributed by atoms with Crippen LogP contribution in [0.1, 0.15) is 0 Å². The summed E-state index contributed by atoms with van der Waals surface area (Å²) >= 11 is 0. The summed E-state index contributed by atoms with van der Waals surface area (Å²) < 4.78 is 0. The van der Waals surface area contributed by atoms with Crippen LogP contribution in [0.4, 0.5) is 17.1 Å². The van der Waals surface area contributed by atoms with Crippen molar-refractivity contribution >= 4 is 27.8 Å². The molecule has 10 rings (SSSR count). The number of rotatable bonds is 9. The molecule has 0 aromatic heterocycles. The lowest BCUT2D eigenvalue weighted by atomic mass is 9.86. The van der Waals surface area contributed by atoms with Crippen LogP contribution in [0.3, 0.4) is 0 Å². The second-order valence-corrected chi connectivity index (χ2v) is 14.9. The van der Waals surface area contributed by atoms with Gasteiger partial charge in [0.25, 0.3) is 0 Å². The summed E-state index contributed by atoms with van der Waals surface area (Å²) in [6.45, 7) is 0. The van der Waals surface area contributed by atoms with Crippen LogP contribution < -0.4 is 4.90 Å². The van der Waals surface area contributed by atoms with Gasteiger partial charge >= 0.3 is 0 Å². The monoisotopic (exact) mass is 751 g/mol. The van der Waals surface area contributed by atoms with Gasteiger partial charge in [-0.2, -0.15) is 0 Å². The second kappa shape index (κ2) is 16.0. The topological polar surface area (TPSA) is 3.24 Å². The molecule has 0 saturated carbocycles. The van der Waals surface area contributed by atoms with Gasteiger partial charge in [-0.15, -0.1) is 0 Å². The molecule has 0 aliphatic heterocycles. The van der Waals surface area contributed by atoms with Crippen molar-refractivity contribution in [1.82, 2.24) is 0 Å². The SMILES string of the molecule is c1ccc(-c2ccc(N(c3cccc(-c4ccc5ccccc5c4)c3)c3ccccc3-c3cc(-c4ccccc4)ccc3-c3ccccc3-c3ccccc3)cc2)cc1. The molecular weight excluding hydrogens is 711 g/mol. The first kappa shape index (κ1) is 35.7. The highest BCUT2D eigenvalue weighted by molar-refractivity contribution is 5.99. The number of hydrogen-bond donors (Lipinski definition) is 0. The van der Waals surface area contributed by atoms with E-state index >= 15 is 0 Å². The molecule has 0 bridgehead atoms. The average molecular weight is 752 g/mol. The number of fused-ring (bicyclic) bond motifs is 1. The van der Waals surface area contributed by atoms with E-state index in [2.05, 4.69) is 254 Å². The van der Waals surface area contributed by atoms with Crippen molar-refractivity contribution in [3.05, 3.63) is 249 Å². The van der Waals surface area contributed by atoms with Gasteiger partial charge in [-0.3, -0.25) is 0 Å². The maximum atomic E-state index is 2.43. The van der Waals surface area contributed by atoms with Gasteiger partial charge in [0.1, 0.15) is 0 Å². The Balaban J connectivity index is 1.19. The van der Waals surface area contributed by atoms with E-state index in [-0.39, 0.29) is 0 Å². The van der Waals surface area contributed by atoms with Crippen LogP contribution in [0.25, 0.3) is 77.5 Å². The highest BCUT2D eigenvalue weighted by Gasteiger charge is 2.21. The Hall–Kier alpha value is -7.74. The van der Waals surface area contributed by atoms with Crippen molar-refractivity contribution in [3.63, 3.8) is 0 Å². The van der Waals surface area contributed by atoms with Gasteiger partial charge in [-0.1, -0.05) is 206 Å². The van der Waals surface area contributed by atoms with Crippen molar-refractivity contribution in [2.75, 3.05) is 4.90 Å². The summed E-state index contributed by atoms with van der Waals surface area (Å²) in [6, 6.07) is 90.0. The summed E-state index contributed by atoms with van der Waals surface area (Å²) in [5, 5.41) is 2.47. The molecule has 0 heterocycles. The highest BCUT2D eigenvalue weighted by Crippen LogP contribution is 2.47. The minimum Gasteiger partial charge on any atom is -0.310 e. The van der Waals surface area contributed by atoms with Crippen LogP contribution in [-0.4, -0.2) is 0 Å². The van der Waals surface area contributed by atoms with E-state index in [9.17, 15) is 0 Å². The number of anilines is 3. The number of para-hydroxylation sites is 1. The molecule has 0 aliphatic carbocycles. The summed E-state index contributed by atoms with van der Waals surface area (Å²) in [4.78, 5) is 2.43. The van der Waals surface area contributed by atoms with E-state index in [1.807, 2.05) is 0 Å². The fourth-order valence-electron chi connectivity index (χ4n) is 8.35. The second-order valence-electron chi connectivity index (χ2n) is 14.9. The normalized spacial score (nSPS) is 11.1. The zero-order valence-corrected chi connectivity index (χ0v) is 32.6. The molecule has 59 heavy (non-hydrogen) atoms. The number of nitrogens with zero attached hydrogens (tertiary/aromatic N) is 1. The third-order valence-electron chi connectivity index (χ3n) is 11.3. The molecule has 0 aliphatic rings. The number of benzene rings is 10. The molecule has 0 unspecified atom stereocenters. The van der Waals surface area contributed by atoms with Crippen LogP contribution >= 0.6 is 0 Å².